The number of carbonyl (C=O) groups is 1. The van der Waals surface area contributed by atoms with Gasteiger partial charge in [-0.2, -0.15) is 0 Å². The van der Waals surface area contributed by atoms with Gasteiger partial charge in [-0.15, -0.1) is 11.3 Å². The molecule has 3 nitrogen and oxygen atoms in total. The molecule has 0 saturated heterocycles. The van der Waals surface area contributed by atoms with Gasteiger partial charge in [0.15, 0.2) is 5.78 Å². The molecule has 2 N–H and O–H groups in total. The average molecular weight is 240 g/mol. The van der Waals surface area contributed by atoms with Crippen LogP contribution >= 0.6 is 11.3 Å². The first-order valence-electron chi connectivity index (χ1n) is 5.95. The zero-order chi connectivity index (χ0) is 11.8. The van der Waals surface area contributed by atoms with Crippen molar-refractivity contribution in [1.29, 1.82) is 0 Å². The highest BCUT2D eigenvalue weighted by Crippen LogP contribution is 2.13. The number of hydrogen-bond donors (Lipinski definition) is 1. The van der Waals surface area contributed by atoms with E-state index in [2.05, 4.69) is 11.9 Å². The van der Waals surface area contributed by atoms with Crippen LogP contribution in [0, 0.1) is 0 Å². The smallest absolute Gasteiger partial charge is 0.182 e. The summed E-state index contributed by atoms with van der Waals surface area (Å²) in [5.74, 6) is 0.177. The van der Waals surface area contributed by atoms with Gasteiger partial charge in [0.05, 0.1) is 5.01 Å². The van der Waals surface area contributed by atoms with Gasteiger partial charge in [0.1, 0.15) is 5.69 Å². The van der Waals surface area contributed by atoms with Crippen LogP contribution in [0.1, 0.15) is 54.5 Å². The molecular formula is C12H20N2OS. The van der Waals surface area contributed by atoms with E-state index in [1.54, 1.807) is 0 Å². The lowest BCUT2D eigenvalue weighted by Crippen LogP contribution is -2.04. The van der Waals surface area contributed by atoms with E-state index in [4.69, 9.17) is 5.73 Å². The van der Waals surface area contributed by atoms with Gasteiger partial charge >= 0.3 is 0 Å². The van der Waals surface area contributed by atoms with Crippen LogP contribution in [0.15, 0.2) is 5.38 Å². The lowest BCUT2D eigenvalue weighted by Gasteiger charge is -1.97. The molecule has 0 radical (unpaired) electrons. The number of Topliss-reactive ketones (excluding diaryl/α,β-unsaturated/α-hetero) is 1. The predicted molar refractivity (Wildman–Crippen MR) is 68.0 cm³/mol. The highest BCUT2D eigenvalue weighted by Gasteiger charge is 2.09. The molecule has 0 atom stereocenters. The highest BCUT2D eigenvalue weighted by molar-refractivity contribution is 7.09. The van der Waals surface area contributed by atoms with E-state index in [0.717, 1.165) is 24.3 Å². The Morgan fingerprint density at radius 3 is 2.94 bits per heavy atom. The first kappa shape index (κ1) is 13.3. The molecule has 0 bridgehead atoms. The Balaban J connectivity index is 2.34. The van der Waals surface area contributed by atoms with Crippen molar-refractivity contribution in [3.05, 3.63) is 16.1 Å². The second-order valence-corrected chi connectivity index (χ2v) is 4.84. The van der Waals surface area contributed by atoms with E-state index >= 15 is 0 Å². The van der Waals surface area contributed by atoms with Crippen molar-refractivity contribution in [1.82, 2.24) is 4.98 Å². The van der Waals surface area contributed by atoms with E-state index in [1.165, 1.54) is 24.2 Å². The Morgan fingerprint density at radius 1 is 1.44 bits per heavy atom. The average Bonchev–Trinajstić information content (AvgIpc) is 2.73. The van der Waals surface area contributed by atoms with Crippen molar-refractivity contribution < 1.29 is 4.79 Å². The highest BCUT2D eigenvalue weighted by atomic mass is 32.1. The van der Waals surface area contributed by atoms with E-state index in [1.807, 2.05) is 5.38 Å². The zero-order valence-corrected chi connectivity index (χ0v) is 10.7. The van der Waals surface area contributed by atoms with Crippen molar-refractivity contribution in [2.45, 2.75) is 45.4 Å². The fourth-order valence-electron chi connectivity index (χ4n) is 1.52. The van der Waals surface area contributed by atoms with Crippen LogP contribution in [-0.4, -0.2) is 17.3 Å². The quantitative estimate of drug-likeness (QED) is 0.561. The van der Waals surface area contributed by atoms with Gasteiger partial charge in [-0.05, 0) is 13.0 Å². The molecule has 1 aromatic heterocycles. The van der Waals surface area contributed by atoms with Crippen molar-refractivity contribution in [2.75, 3.05) is 6.54 Å². The van der Waals surface area contributed by atoms with E-state index in [-0.39, 0.29) is 5.78 Å². The van der Waals surface area contributed by atoms with Crippen molar-refractivity contribution in [2.24, 2.45) is 5.73 Å². The molecule has 0 aromatic carbocycles. The number of unbranched alkanes of at least 4 members (excludes halogenated alkanes) is 3. The summed E-state index contributed by atoms with van der Waals surface area (Å²) < 4.78 is 0. The molecule has 0 unspecified atom stereocenters. The molecule has 0 amide bonds. The normalized spacial score (nSPS) is 10.6. The number of hydrogen-bond acceptors (Lipinski definition) is 4. The third-order valence-corrected chi connectivity index (χ3v) is 3.36. The molecule has 16 heavy (non-hydrogen) atoms. The monoisotopic (exact) mass is 240 g/mol. The molecule has 4 heteroatoms. The minimum absolute atomic E-state index is 0.177. The van der Waals surface area contributed by atoms with E-state index in [9.17, 15) is 4.79 Å². The summed E-state index contributed by atoms with van der Waals surface area (Å²) >= 11 is 1.53. The molecule has 1 heterocycles. The van der Waals surface area contributed by atoms with Crippen LogP contribution in [0.3, 0.4) is 0 Å². The molecule has 90 valence electrons. The molecule has 0 aliphatic rings. The second kappa shape index (κ2) is 7.52. The second-order valence-electron chi connectivity index (χ2n) is 3.90. The standard InChI is InChI=1S/C12H20N2OS/c1-2-3-4-5-6-11(15)10-9-16-12(14-10)7-8-13/h9H,2-8,13H2,1H3. The number of rotatable bonds is 8. The number of carbonyl (C=O) groups excluding carboxylic acids is 1. The maximum absolute atomic E-state index is 11.7. The predicted octanol–water partition coefficient (Wildman–Crippen LogP) is 2.80. The zero-order valence-electron chi connectivity index (χ0n) is 9.87. The topological polar surface area (TPSA) is 56.0 Å². The van der Waals surface area contributed by atoms with Crippen LogP contribution in [-0.2, 0) is 6.42 Å². The van der Waals surface area contributed by atoms with Gasteiger partial charge in [0.2, 0.25) is 0 Å². The van der Waals surface area contributed by atoms with Crippen LogP contribution in [0.2, 0.25) is 0 Å². The molecule has 0 aliphatic heterocycles. The van der Waals surface area contributed by atoms with Gasteiger partial charge in [0, 0.05) is 18.2 Å². The van der Waals surface area contributed by atoms with Gasteiger partial charge < -0.3 is 5.73 Å². The first-order chi connectivity index (χ1) is 7.77. The van der Waals surface area contributed by atoms with Crippen LogP contribution in [0.5, 0.6) is 0 Å². The molecule has 1 rings (SSSR count). The fraction of sp³-hybridized carbons (Fsp3) is 0.667. The summed E-state index contributed by atoms with van der Waals surface area (Å²) in [6.45, 7) is 2.76. The number of thiazole rings is 1. The Bertz CT molecular complexity index is 323. The van der Waals surface area contributed by atoms with Crippen LogP contribution in [0.25, 0.3) is 0 Å². The number of aromatic nitrogens is 1. The molecular weight excluding hydrogens is 220 g/mol. The van der Waals surface area contributed by atoms with Gasteiger partial charge in [0.25, 0.3) is 0 Å². The Hall–Kier alpha value is -0.740. The molecule has 1 aromatic rings. The largest absolute Gasteiger partial charge is 0.330 e. The molecule has 0 fully saturated rings. The maximum atomic E-state index is 11.7. The third kappa shape index (κ3) is 4.41. The van der Waals surface area contributed by atoms with Crippen molar-refractivity contribution >= 4 is 17.1 Å². The van der Waals surface area contributed by atoms with Crippen molar-refractivity contribution in [3.63, 3.8) is 0 Å². The Labute approximate surface area is 101 Å². The lowest BCUT2D eigenvalue weighted by molar-refractivity contribution is 0.0975. The maximum Gasteiger partial charge on any atom is 0.182 e. The Morgan fingerprint density at radius 2 is 2.25 bits per heavy atom. The summed E-state index contributed by atoms with van der Waals surface area (Å²) in [4.78, 5) is 16.0. The van der Waals surface area contributed by atoms with Gasteiger partial charge in [-0.3, -0.25) is 4.79 Å². The van der Waals surface area contributed by atoms with Crippen LogP contribution in [0.4, 0.5) is 0 Å². The summed E-state index contributed by atoms with van der Waals surface area (Å²) in [5.41, 5.74) is 6.07. The Kier molecular flexibility index (Phi) is 6.26. The summed E-state index contributed by atoms with van der Waals surface area (Å²) in [7, 11) is 0. The number of nitrogens with two attached hydrogens (primary N) is 1. The lowest BCUT2D eigenvalue weighted by atomic mass is 10.1. The molecule has 0 spiro atoms. The SMILES string of the molecule is CCCCCCC(=O)c1csc(CCN)n1. The minimum atomic E-state index is 0.177. The summed E-state index contributed by atoms with van der Waals surface area (Å²) in [5, 5.41) is 2.83. The van der Waals surface area contributed by atoms with Crippen LogP contribution < -0.4 is 5.73 Å². The summed E-state index contributed by atoms with van der Waals surface area (Å²) in [6.07, 6.45) is 5.94. The third-order valence-electron chi connectivity index (χ3n) is 2.45. The fourth-order valence-corrected chi connectivity index (χ4v) is 2.34. The molecule has 0 saturated carbocycles. The molecule has 0 aliphatic carbocycles. The van der Waals surface area contributed by atoms with E-state index in [0.29, 0.717) is 18.7 Å². The van der Waals surface area contributed by atoms with E-state index < -0.39 is 0 Å². The van der Waals surface area contributed by atoms with Crippen molar-refractivity contribution in [3.8, 4) is 0 Å². The summed E-state index contributed by atoms with van der Waals surface area (Å²) in [6, 6.07) is 0. The number of ketones is 1. The first-order valence-corrected chi connectivity index (χ1v) is 6.83. The number of nitrogens with zero attached hydrogens (tertiary/aromatic N) is 1. The van der Waals surface area contributed by atoms with Gasteiger partial charge in [-0.1, -0.05) is 26.2 Å². The minimum Gasteiger partial charge on any atom is -0.330 e. The van der Waals surface area contributed by atoms with Gasteiger partial charge in [-0.25, -0.2) is 4.98 Å².